The van der Waals surface area contributed by atoms with E-state index in [0.717, 1.165) is 0 Å². The fourth-order valence-corrected chi connectivity index (χ4v) is 3.00. The Balaban J connectivity index is 2.69. The van der Waals surface area contributed by atoms with Crippen molar-refractivity contribution in [1.82, 2.24) is 15.1 Å². The van der Waals surface area contributed by atoms with Crippen LogP contribution in [-0.2, 0) is 19.2 Å². The van der Waals surface area contributed by atoms with Crippen molar-refractivity contribution in [2.75, 3.05) is 19.6 Å². The van der Waals surface area contributed by atoms with Gasteiger partial charge in [0.15, 0.2) is 0 Å². The number of amides is 3. The smallest absolute Gasteiger partial charge is 0.323 e. The van der Waals surface area contributed by atoms with E-state index in [1.54, 1.807) is 32.6 Å². The maximum atomic E-state index is 12.6. The lowest BCUT2D eigenvalue weighted by molar-refractivity contribution is -0.145. The van der Waals surface area contributed by atoms with Crippen LogP contribution in [0.5, 0.6) is 0 Å². The highest BCUT2D eigenvalue weighted by Crippen LogP contribution is 2.18. The lowest BCUT2D eigenvalue weighted by Gasteiger charge is -2.29. The Hall–Kier alpha value is -2.12. The molecule has 0 aromatic carbocycles. The first-order valence-corrected chi connectivity index (χ1v) is 9.02. The van der Waals surface area contributed by atoms with Crippen LogP contribution in [0.25, 0.3) is 0 Å². The average Bonchev–Trinajstić information content (AvgIpc) is 2.76. The minimum absolute atomic E-state index is 0.157. The summed E-state index contributed by atoms with van der Waals surface area (Å²) >= 11 is 0. The summed E-state index contributed by atoms with van der Waals surface area (Å²) in [6.07, 6.45) is 1.86. The number of nitrogens with zero attached hydrogens (tertiary/aromatic N) is 2. The molecule has 0 saturated carbocycles. The molecule has 3 amide bonds. The van der Waals surface area contributed by atoms with Crippen molar-refractivity contribution in [3.63, 3.8) is 0 Å². The van der Waals surface area contributed by atoms with Crippen molar-refractivity contribution in [3.05, 3.63) is 0 Å². The first-order valence-electron chi connectivity index (χ1n) is 9.02. The van der Waals surface area contributed by atoms with E-state index in [4.69, 9.17) is 5.11 Å². The van der Waals surface area contributed by atoms with Crippen LogP contribution in [0.3, 0.4) is 0 Å². The van der Waals surface area contributed by atoms with Gasteiger partial charge in [0.1, 0.15) is 12.6 Å². The summed E-state index contributed by atoms with van der Waals surface area (Å²) in [7, 11) is 0. The number of hydrogen-bond donors (Lipinski definition) is 2. The summed E-state index contributed by atoms with van der Waals surface area (Å²) in [5.41, 5.74) is -0.572. The maximum Gasteiger partial charge on any atom is 0.323 e. The van der Waals surface area contributed by atoms with Gasteiger partial charge in [0.25, 0.3) is 0 Å². The highest BCUT2D eigenvalue weighted by atomic mass is 16.4. The Morgan fingerprint density at radius 1 is 1.19 bits per heavy atom. The molecule has 0 aromatic heterocycles. The zero-order valence-corrected chi connectivity index (χ0v) is 16.4. The molecule has 2 N–H and O–H groups in total. The Labute approximate surface area is 154 Å². The number of likely N-dealkylation sites (tertiary alicyclic amines) is 1. The normalized spacial score (nSPS) is 19.3. The van der Waals surface area contributed by atoms with E-state index >= 15 is 0 Å². The molecule has 26 heavy (non-hydrogen) atoms. The maximum absolute atomic E-state index is 12.6. The predicted octanol–water partition coefficient (Wildman–Crippen LogP) is 0.851. The molecular formula is C18H31N3O5. The van der Waals surface area contributed by atoms with Gasteiger partial charge >= 0.3 is 5.97 Å². The first-order chi connectivity index (χ1) is 11.9. The molecule has 8 heteroatoms. The van der Waals surface area contributed by atoms with E-state index in [0.29, 0.717) is 32.4 Å². The Morgan fingerprint density at radius 2 is 1.81 bits per heavy atom. The molecule has 0 spiro atoms. The van der Waals surface area contributed by atoms with Crippen LogP contribution in [0.15, 0.2) is 0 Å². The lowest BCUT2D eigenvalue weighted by atomic mass is 9.95. The average molecular weight is 369 g/mol. The topological polar surface area (TPSA) is 107 Å². The van der Waals surface area contributed by atoms with E-state index < -0.39 is 17.4 Å². The predicted molar refractivity (Wildman–Crippen MR) is 96.3 cm³/mol. The summed E-state index contributed by atoms with van der Waals surface area (Å²) in [5, 5.41) is 11.7. The van der Waals surface area contributed by atoms with Crippen molar-refractivity contribution >= 4 is 23.7 Å². The van der Waals surface area contributed by atoms with Gasteiger partial charge in [-0.25, -0.2) is 0 Å². The molecule has 1 saturated heterocycles. The number of carbonyl (C=O) groups is 4. The van der Waals surface area contributed by atoms with E-state index in [1.807, 2.05) is 0 Å². The van der Waals surface area contributed by atoms with Crippen molar-refractivity contribution in [2.45, 2.75) is 66.0 Å². The Bertz CT molecular complexity index is 556. The molecule has 1 heterocycles. The molecule has 148 valence electrons. The molecule has 0 radical (unpaired) electrons. The van der Waals surface area contributed by atoms with Crippen LogP contribution in [0.1, 0.15) is 53.9 Å². The fraction of sp³-hybridized carbons (Fsp3) is 0.778. The second-order valence-corrected chi connectivity index (χ2v) is 7.90. The van der Waals surface area contributed by atoms with Gasteiger partial charge in [0.05, 0.1) is 0 Å². The third kappa shape index (κ3) is 6.31. The first kappa shape index (κ1) is 21.9. The standard InChI is InChI=1S/C18H31N3O5/c1-12(19-17(26)18(3,4)5)16(25)20-9-6-7-14(8-10-20)21(13(2)22)11-15(23)24/h12,14H,6-11H2,1-5H3,(H,19,26)(H,23,24). The van der Waals surface area contributed by atoms with Gasteiger partial charge in [-0.05, 0) is 26.2 Å². The molecule has 1 aliphatic heterocycles. The van der Waals surface area contributed by atoms with Crippen molar-refractivity contribution in [2.24, 2.45) is 5.41 Å². The number of hydrogen-bond acceptors (Lipinski definition) is 4. The molecule has 8 nitrogen and oxygen atoms in total. The van der Waals surface area contributed by atoms with Crippen LogP contribution >= 0.6 is 0 Å². The van der Waals surface area contributed by atoms with Crippen molar-refractivity contribution in [3.8, 4) is 0 Å². The van der Waals surface area contributed by atoms with Crippen LogP contribution in [-0.4, -0.2) is 70.3 Å². The monoisotopic (exact) mass is 369 g/mol. The molecule has 0 bridgehead atoms. The molecular weight excluding hydrogens is 338 g/mol. The second kappa shape index (κ2) is 9.00. The van der Waals surface area contributed by atoms with Gasteiger partial charge in [-0.3, -0.25) is 19.2 Å². The highest BCUT2D eigenvalue weighted by molar-refractivity contribution is 5.89. The summed E-state index contributed by atoms with van der Waals surface area (Å²) in [6, 6.07) is -0.818. The van der Waals surface area contributed by atoms with Crippen LogP contribution < -0.4 is 5.32 Å². The van der Waals surface area contributed by atoms with Crippen LogP contribution in [0.4, 0.5) is 0 Å². The third-order valence-electron chi connectivity index (χ3n) is 4.56. The largest absolute Gasteiger partial charge is 0.480 e. The van der Waals surface area contributed by atoms with Crippen molar-refractivity contribution in [1.29, 1.82) is 0 Å². The van der Waals surface area contributed by atoms with E-state index in [2.05, 4.69) is 5.32 Å². The van der Waals surface area contributed by atoms with Gasteiger partial charge in [0.2, 0.25) is 17.7 Å². The molecule has 1 rings (SSSR count). The Kier molecular flexibility index (Phi) is 7.59. The quantitative estimate of drug-likeness (QED) is 0.747. The van der Waals surface area contributed by atoms with Gasteiger partial charge in [0, 0.05) is 31.5 Å². The number of carboxylic acids is 1. The van der Waals surface area contributed by atoms with Gasteiger partial charge in [-0.15, -0.1) is 0 Å². The minimum Gasteiger partial charge on any atom is -0.480 e. The van der Waals surface area contributed by atoms with E-state index in [9.17, 15) is 19.2 Å². The van der Waals surface area contributed by atoms with Crippen LogP contribution in [0, 0.1) is 5.41 Å². The number of nitrogens with one attached hydrogen (secondary N) is 1. The number of rotatable bonds is 5. The molecule has 2 unspecified atom stereocenters. The fourth-order valence-electron chi connectivity index (χ4n) is 3.00. The molecule has 0 aromatic rings. The molecule has 1 aliphatic rings. The number of carboxylic acid groups (broad SMARTS) is 1. The SMILES string of the molecule is CC(=O)N(CC(=O)O)C1CCCN(C(=O)C(C)NC(=O)C(C)(C)C)CC1. The van der Waals surface area contributed by atoms with E-state index in [1.165, 1.54) is 11.8 Å². The number of aliphatic carboxylic acids is 1. The zero-order valence-electron chi connectivity index (χ0n) is 16.4. The van der Waals surface area contributed by atoms with E-state index in [-0.39, 0.29) is 30.3 Å². The second-order valence-electron chi connectivity index (χ2n) is 7.90. The summed E-state index contributed by atoms with van der Waals surface area (Å²) in [6.45, 7) is 9.03. The van der Waals surface area contributed by atoms with Crippen LogP contribution in [0.2, 0.25) is 0 Å². The Morgan fingerprint density at radius 3 is 2.31 bits per heavy atom. The third-order valence-corrected chi connectivity index (χ3v) is 4.56. The lowest BCUT2D eigenvalue weighted by Crippen LogP contribution is -2.50. The summed E-state index contributed by atoms with van der Waals surface area (Å²) in [5.74, 6) is -1.66. The highest BCUT2D eigenvalue weighted by Gasteiger charge is 2.31. The summed E-state index contributed by atoms with van der Waals surface area (Å²) < 4.78 is 0. The molecule has 0 aliphatic carbocycles. The summed E-state index contributed by atoms with van der Waals surface area (Å²) in [4.78, 5) is 50.5. The molecule has 2 atom stereocenters. The number of carbonyl (C=O) groups excluding carboxylic acids is 3. The van der Waals surface area contributed by atoms with Gasteiger partial charge in [-0.2, -0.15) is 0 Å². The van der Waals surface area contributed by atoms with Gasteiger partial charge < -0.3 is 20.2 Å². The molecule has 1 fully saturated rings. The zero-order chi connectivity index (χ0) is 20.1. The van der Waals surface area contributed by atoms with Gasteiger partial charge in [-0.1, -0.05) is 20.8 Å². The van der Waals surface area contributed by atoms with Crippen molar-refractivity contribution < 1.29 is 24.3 Å². The minimum atomic E-state index is -1.05.